The van der Waals surface area contributed by atoms with Crippen molar-refractivity contribution in [3.63, 3.8) is 0 Å². The molecule has 1 unspecified atom stereocenters. The zero-order valence-corrected chi connectivity index (χ0v) is 19.5. The minimum absolute atomic E-state index is 0.111. The molecule has 2 aliphatic rings. The SMILES string of the molecule is Cn1c(=NC(=O)C2CCCN2S(=O)(=O)c2ccc(Cl)cc2)sc2cc3c(cc21)OCCO3. The lowest BCUT2D eigenvalue weighted by Gasteiger charge is -2.21. The van der Waals surface area contributed by atoms with E-state index in [1.54, 1.807) is 0 Å². The number of halogens is 1. The molecule has 1 fully saturated rings. The highest BCUT2D eigenvalue weighted by molar-refractivity contribution is 7.89. The van der Waals surface area contributed by atoms with Gasteiger partial charge in [0.25, 0.3) is 5.91 Å². The second-order valence-electron chi connectivity index (χ2n) is 7.58. The summed E-state index contributed by atoms with van der Waals surface area (Å²) in [7, 11) is -2.01. The summed E-state index contributed by atoms with van der Waals surface area (Å²) in [4.78, 5) is 18.0. The number of benzene rings is 2. The first-order valence-electron chi connectivity index (χ1n) is 10.1. The van der Waals surface area contributed by atoms with Crippen LogP contribution in [0.15, 0.2) is 46.3 Å². The summed E-state index contributed by atoms with van der Waals surface area (Å²) >= 11 is 7.23. The topological polar surface area (TPSA) is 90.2 Å². The normalized spacial score (nSPS) is 19.6. The van der Waals surface area contributed by atoms with E-state index in [0.717, 1.165) is 10.2 Å². The van der Waals surface area contributed by atoms with Gasteiger partial charge in [0.2, 0.25) is 10.0 Å². The molecule has 5 rings (SSSR count). The standard InChI is InChI=1S/C21H20ClN3O5S2/c1-24-16-11-17-18(30-10-9-29-17)12-19(16)31-21(24)23-20(26)15-3-2-8-25(15)32(27,28)14-6-4-13(22)5-7-14/h4-7,11-12,15H,2-3,8-10H2,1H3. The minimum Gasteiger partial charge on any atom is -0.486 e. The van der Waals surface area contributed by atoms with E-state index >= 15 is 0 Å². The summed E-state index contributed by atoms with van der Waals surface area (Å²) in [6.45, 7) is 1.25. The summed E-state index contributed by atoms with van der Waals surface area (Å²) in [5.74, 6) is 0.852. The quantitative estimate of drug-likeness (QED) is 0.559. The van der Waals surface area contributed by atoms with E-state index in [9.17, 15) is 13.2 Å². The number of hydrogen-bond donors (Lipinski definition) is 0. The molecular weight excluding hydrogens is 474 g/mol. The molecule has 32 heavy (non-hydrogen) atoms. The van der Waals surface area contributed by atoms with Gasteiger partial charge < -0.3 is 14.0 Å². The fourth-order valence-corrected chi connectivity index (χ4v) is 6.77. The van der Waals surface area contributed by atoms with Crippen LogP contribution in [0.3, 0.4) is 0 Å². The van der Waals surface area contributed by atoms with E-state index in [2.05, 4.69) is 4.99 Å². The van der Waals surface area contributed by atoms with Gasteiger partial charge in [0.1, 0.15) is 19.3 Å². The summed E-state index contributed by atoms with van der Waals surface area (Å²) in [5, 5.41) is 0.447. The lowest BCUT2D eigenvalue weighted by atomic mass is 10.2. The average Bonchev–Trinajstić information content (AvgIpc) is 3.39. The summed E-state index contributed by atoms with van der Waals surface area (Å²) in [6, 6.07) is 8.87. The van der Waals surface area contributed by atoms with E-state index in [4.69, 9.17) is 21.1 Å². The summed E-state index contributed by atoms with van der Waals surface area (Å²) < 4.78 is 41.5. The van der Waals surface area contributed by atoms with Crippen molar-refractivity contribution in [3.8, 4) is 11.5 Å². The van der Waals surface area contributed by atoms with Crippen molar-refractivity contribution in [1.29, 1.82) is 0 Å². The lowest BCUT2D eigenvalue weighted by molar-refractivity contribution is -0.121. The number of fused-ring (bicyclic) bond motifs is 2. The van der Waals surface area contributed by atoms with Gasteiger partial charge in [0.05, 0.1) is 15.1 Å². The summed E-state index contributed by atoms with van der Waals surface area (Å²) in [6.07, 6.45) is 1.03. The van der Waals surface area contributed by atoms with E-state index < -0.39 is 22.0 Å². The van der Waals surface area contributed by atoms with Gasteiger partial charge >= 0.3 is 0 Å². The number of hydrogen-bond acceptors (Lipinski definition) is 6. The molecule has 0 radical (unpaired) electrons. The van der Waals surface area contributed by atoms with Crippen LogP contribution in [-0.2, 0) is 21.9 Å². The van der Waals surface area contributed by atoms with Crippen molar-refractivity contribution < 1.29 is 22.7 Å². The maximum Gasteiger partial charge on any atom is 0.266 e. The average molecular weight is 494 g/mol. The van der Waals surface area contributed by atoms with Crippen LogP contribution < -0.4 is 14.3 Å². The molecule has 0 bridgehead atoms. The van der Waals surface area contributed by atoms with Crippen LogP contribution in [0.2, 0.25) is 5.02 Å². The van der Waals surface area contributed by atoms with Crippen molar-refractivity contribution in [2.24, 2.45) is 12.0 Å². The van der Waals surface area contributed by atoms with Crippen LogP contribution in [0.25, 0.3) is 10.2 Å². The molecule has 3 aromatic rings. The Morgan fingerprint density at radius 2 is 1.84 bits per heavy atom. The molecule has 0 N–H and O–H groups in total. The first-order chi connectivity index (χ1) is 15.3. The molecule has 1 saturated heterocycles. The van der Waals surface area contributed by atoms with Gasteiger partial charge in [-0.15, -0.1) is 0 Å². The molecule has 1 atom stereocenters. The van der Waals surface area contributed by atoms with Gasteiger partial charge in [-0.25, -0.2) is 8.42 Å². The molecule has 1 amide bonds. The largest absolute Gasteiger partial charge is 0.486 e. The molecule has 168 valence electrons. The zero-order valence-electron chi connectivity index (χ0n) is 17.2. The maximum atomic E-state index is 13.1. The number of carbonyl (C=O) groups excluding carboxylic acids is 1. The van der Waals surface area contributed by atoms with Gasteiger partial charge in [-0.1, -0.05) is 22.9 Å². The Hall–Kier alpha value is -2.40. The number of sulfonamides is 1. The highest BCUT2D eigenvalue weighted by atomic mass is 35.5. The van der Waals surface area contributed by atoms with Crippen molar-refractivity contribution >= 4 is 49.1 Å². The Balaban J connectivity index is 1.49. The fraction of sp³-hybridized carbons (Fsp3) is 0.333. The number of thiazole rings is 1. The number of rotatable bonds is 3. The number of amides is 1. The van der Waals surface area contributed by atoms with E-state index in [-0.39, 0.29) is 11.4 Å². The highest BCUT2D eigenvalue weighted by Gasteiger charge is 2.39. The molecule has 0 saturated carbocycles. The molecule has 2 aliphatic heterocycles. The van der Waals surface area contributed by atoms with Crippen molar-refractivity contribution in [2.75, 3.05) is 19.8 Å². The number of carbonyl (C=O) groups is 1. The smallest absolute Gasteiger partial charge is 0.266 e. The predicted molar refractivity (Wildman–Crippen MR) is 121 cm³/mol. The second-order valence-corrected chi connectivity index (χ2v) is 10.9. The fourth-order valence-electron chi connectivity index (χ4n) is 3.96. The zero-order chi connectivity index (χ0) is 22.5. The minimum atomic E-state index is -3.83. The molecule has 11 heteroatoms. The van der Waals surface area contributed by atoms with Crippen LogP contribution in [0.5, 0.6) is 11.5 Å². The lowest BCUT2D eigenvalue weighted by Crippen LogP contribution is -2.40. The Morgan fingerprint density at radius 3 is 2.56 bits per heavy atom. The Bertz CT molecular complexity index is 1380. The van der Waals surface area contributed by atoms with Crippen molar-refractivity contribution in [2.45, 2.75) is 23.8 Å². The molecule has 8 nitrogen and oxygen atoms in total. The Labute approximate surface area is 193 Å². The molecular formula is C21H20ClN3O5S2. The third-order valence-corrected chi connectivity index (χ3v) is 8.86. The van der Waals surface area contributed by atoms with Gasteiger partial charge in [-0.2, -0.15) is 9.30 Å². The second kappa shape index (κ2) is 8.18. The molecule has 3 heterocycles. The molecule has 1 aromatic heterocycles. The van der Waals surface area contributed by atoms with Crippen molar-refractivity contribution in [3.05, 3.63) is 46.2 Å². The first kappa shape index (κ1) is 21.4. The van der Waals surface area contributed by atoms with E-state index in [1.165, 1.54) is 39.9 Å². The Morgan fingerprint density at radius 1 is 1.16 bits per heavy atom. The monoisotopic (exact) mass is 493 g/mol. The predicted octanol–water partition coefficient (Wildman–Crippen LogP) is 2.95. The molecule has 0 spiro atoms. The third kappa shape index (κ3) is 3.71. The van der Waals surface area contributed by atoms with Crippen LogP contribution in [0, 0.1) is 0 Å². The van der Waals surface area contributed by atoms with E-state index in [0.29, 0.717) is 47.4 Å². The van der Waals surface area contributed by atoms with Crippen molar-refractivity contribution in [1.82, 2.24) is 8.87 Å². The van der Waals surface area contributed by atoms with Gasteiger partial charge in [0, 0.05) is 30.7 Å². The highest BCUT2D eigenvalue weighted by Crippen LogP contribution is 2.35. The van der Waals surface area contributed by atoms with Crippen LogP contribution >= 0.6 is 22.9 Å². The van der Waals surface area contributed by atoms with Crippen LogP contribution in [0.1, 0.15) is 12.8 Å². The molecule has 2 aromatic carbocycles. The number of nitrogens with zero attached hydrogens (tertiary/aromatic N) is 3. The van der Waals surface area contributed by atoms with Gasteiger partial charge in [-0.3, -0.25) is 4.79 Å². The summed E-state index contributed by atoms with van der Waals surface area (Å²) in [5.41, 5.74) is 0.864. The Kier molecular flexibility index (Phi) is 5.48. The van der Waals surface area contributed by atoms with Crippen LogP contribution in [-0.4, -0.2) is 49.0 Å². The number of aromatic nitrogens is 1. The number of aryl methyl sites for hydroxylation is 1. The first-order valence-corrected chi connectivity index (χ1v) is 12.7. The maximum absolute atomic E-state index is 13.1. The number of ether oxygens (including phenoxy) is 2. The third-order valence-electron chi connectivity index (χ3n) is 5.59. The van der Waals surface area contributed by atoms with E-state index in [1.807, 2.05) is 23.7 Å². The van der Waals surface area contributed by atoms with Gasteiger partial charge in [0.15, 0.2) is 16.3 Å². The molecule has 0 aliphatic carbocycles. The van der Waals surface area contributed by atoms with Gasteiger partial charge in [-0.05, 0) is 37.1 Å². The van der Waals surface area contributed by atoms with Crippen LogP contribution in [0.4, 0.5) is 0 Å².